The number of carbonyl (C=O) groups excluding carboxylic acids is 2. The fraction of sp³-hybridized carbons (Fsp3) is 0.111. The quantitative estimate of drug-likeness (QED) is 0.554. The van der Waals surface area contributed by atoms with E-state index < -0.39 is 0 Å². The SMILES string of the molecule is C=C(CCC(=O)Sc1ccccc1)C(=O)Sc1ccccc1. The molecule has 0 bridgehead atoms. The number of hydrogen-bond acceptors (Lipinski definition) is 4. The van der Waals surface area contributed by atoms with Crippen LogP contribution >= 0.6 is 23.5 Å². The van der Waals surface area contributed by atoms with Crippen LogP contribution in [0.15, 0.2) is 82.6 Å². The van der Waals surface area contributed by atoms with E-state index >= 15 is 0 Å². The summed E-state index contributed by atoms with van der Waals surface area (Å²) in [5.74, 6) is 0. The van der Waals surface area contributed by atoms with Crippen molar-refractivity contribution in [2.24, 2.45) is 0 Å². The molecule has 0 saturated heterocycles. The summed E-state index contributed by atoms with van der Waals surface area (Å²) in [6.07, 6.45) is 0.719. The zero-order valence-electron chi connectivity index (χ0n) is 12.0. The van der Waals surface area contributed by atoms with Gasteiger partial charge in [-0.15, -0.1) is 0 Å². The minimum Gasteiger partial charge on any atom is -0.287 e. The zero-order chi connectivity index (χ0) is 15.8. The molecule has 0 aromatic heterocycles. The zero-order valence-corrected chi connectivity index (χ0v) is 13.7. The highest BCUT2D eigenvalue weighted by molar-refractivity contribution is 8.14. The minimum atomic E-state index is -0.0799. The summed E-state index contributed by atoms with van der Waals surface area (Å²) in [6, 6.07) is 18.9. The van der Waals surface area contributed by atoms with E-state index in [1.165, 1.54) is 11.8 Å². The van der Waals surface area contributed by atoms with E-state index in [-0.39, 0.29) is 10.2 Å². The Kier molecular flexibility index (Phi) is 6.49. The van der Waals surface area contributed by atoms with Crippen molar-refractivity contribution in [3.63, 3.8) is 0 Å². The van der Waals surface area contributed by atoms with E-state index in [0.29, 0.717) is 18.4 Å². The Bertz CT molecular complexity index is 651. The molecule has 2 rings (SSSR count). The van der Waals surface area contributed by atoms with Gasteiger partial charge in [-0.05, 0) is 48.0 Å². The molecule has 0 fully saturated rings. The molecule has 22 heavy (non-hydrogen) atoms. The lowest BCUT2D eigenvalue weighted by molar-refractivity contribution is -0.111. The van der Waals surface area contributed by atoms with Crippen LogP contribution in [0.4, 0.5) is 0 Å². The highest BCUT2D eigenvalue weighted by Gasteiger charge is 2.12. The minimum absolute atomic E-state index is 0.0462. The van der Waals surface area contributed by atoms with Crippen molar-refractivity contribution < 1.29 is 9.59 Å². The number of carbonyl (C=O) groups is 2. The molecular weight excluding hydrogens is 312 g/mol. The van der Waals surface area contributed by atoms with Crippen molar-refractivity contribution in [3.8, 4) is 0 Å². The Hall–Kier alpha value is -1.78. The smallest absolute Gasteiger partial charge is 0.219 e. The first-order valence-corrected chi connectivity index (χ1v) is 8.49. The fourth-order valence-electron chi connectivity index (χ4n) is 1.69. The Morgan fingerprint density at radius 1 is 0.773 bits per heavy atom. The molecular formula is C18H16O2S2. The van der Waals surface area contributed by atoms with Crippen molar-refractivity contribution in [1.29, 1.82) is 0 Å². The molecule has 0 unspecified atom stereocenters. The van der Waals surface area contributed by atoms with Gasteiger partial charge in [-0.1, -0.05) is 54.7 Å². The van der Waals surface area contributed by atoms with E-state index in [2.05, 4.69) is 6.58 Å². The van der Waals surface area contributed by atoms with Crippen LogP contribution in [0.3, 0.4) is 0 Å². The second kappa shape index (κ2) is 8.61. The molecule has 0 atom stereocenters. The predicted molar refractivity (Wildman–Crippen MR) is 93.0 cm³/mol. The van der Waals surface area contributed by atoms with Crippen molar-refractivity contribution >= 4 is 33.8 Å². The van der Waals surface area contributed by atoms with Crippen LogP contribution in [0.2, 0.25) is 0 Å². The Balaban J connectivity index is 1.77. The molecule has 0 saturated carbocycles. The maximum atomic E-state index is 12.0. The lowest BCUT2D eigenvalue weighted by Gasteiger charge is -2.04. The third-order valence-corrected chi connectivity index (χ3v) is 4.77. The van der Waals surface area contributed by atoms with Crippen LogP contribution in [0.25, 0.3) is 0 Å². The molecule has 0 radical (unpaired) electrons. The van der Waals surface area contributed by atoms with Gasteiger partial charge in [-0.3, -0.25) is 9.59 Å². The largest absolute Gasteiger partial charge is 0.287 e. The van der Waals surface area contributed by atoms with Crippen molar-refractivity contribution in [3.05, 3.63) is 72.8 Å². The van der Waals surface area contributed by atoms with Crippen LogP contribution in [0, 0.1) is 0 Å². The molecule has 2 aromatic carbocycles. The molecule has 0 N–H and O–H groups in total. The molecule has 0 aliphatic carbocycles. The van der Waals surface area contributed by atoms with Crippen LogP contribution < -0.4 is 0 Å². The third-order valence-electron chi connectivity index (χ3n) is 2.85. The summed E-state index contributed by atoms with van der Waals surface area (Å²) < 4.78 is 0. The summed E-state index contributed by atoms with van der Waals surface area (Å²) in [5.41, 5.74) is 0.482. The Morgan fingerprint density at radius 3 is 1.82 bits per heavy atom. The van der Waals surface area contributed by atoms with Gasteiger partial charge >= 0.3 is 0 Å². The topological polar surface area (TPSA) is 34.1 Å². The Morgan fingerprint density at radius 2 is 1.27 bits per heavy atom. The molecule has 4 heteroatoms. The summed E-state index contributed by atoms with van der Waals surface area (Å²) in [5, 5.41) is -0.0337. The van der Waals surface area contributed by atoms with Gasteiger partial charge in [0.15, 0.2) is 5.12 Å². The molecule has 0 heterocycles. The number of benzene rings is 2. The number of rotatable bonds is 6. The monoisotopic (exact) mass is 328 g/mol. The van der Waals surface area contributed by atoms with Gasteiger partial charge in [0.25, 0.3) is 0 Å². The molecule has 112 valence electrons. The van der Waals surface area contributed by atoms with Gasteiger partial charge in [0, 0.05) is 16.2 Å². The van der Waals surface area contributed by atoms with Crippen LogP contribution in [-0.4, -0.2) is 10.2 Å². The maximum Gasteiger partial charge on any atom is 0.219 e. The molecule has 0 spiro atoms. The molecule has 2 aromatic rings. The fourth-order valence-corrected chi connectivity index (χ4v) is 3.21. The first-order chi connectivity index (χ1) is 10.6. The molecule has 0 aliphatic heterocycles. The van der Waals surface area contributed by atoms with Gasteiger partial charge < -0.3 is 0 Å². The van der Waals surface area contributed by atoms with Gasteiger partial charge in [0.1, 0.15) is 0 Å². The standard InChI is InChI=1S/C18H16O2S2/c1-14(18(20)22-16-10-6-3-7-11-16)12-13-17(19)21-15-8-4-2-5-9-15/h2-11H,1,12-13H2. The van der Waals surface area contributed by atoms with E-state index in [1.807, 2.05) is 60.7 Å². The lowest BCUT2D eigenvalue weighted by Crippen LogP contribution is -1.99. The highest BCUT2D eigenvalue weighted by atomic mass is 32.2. The van der Waals surface area contributed by atoms with Crippen molar-refractivity contribution in [1.82, 2.24) is 0 Å². The average molecular weight is 328 g/mol. The summed E-state index contributed by atoms with van der Waals surface area (Å²) in [7, 11) is 0. The second-order valence-electron chi connectivity index (χ2n) is 4.59. The van der Waals surface area contributed by atoms with Crippen LogP contribution in [0.1, 0.15) is 12.8 Å². The first kappa shape index (κ1) is 16.6. The van der Waals surface area contributed by atoms with Gasteiger partial charge in [-0.25, -0.2) is 0 Å². The number of hydrogen-bond donors (Lipinski definition) is 0. The summed E-state index contributed by atoms with van der Waals surface area (Å²) in [6.45, 7) is 3.80. The highest BCUT2D eigenvalue weighted by Crippen LogP contribution is 2.25. The summed E-state index contributed by atoms with van der Waals surface area (Å²) in [4.78, 5) is 25.7. The lowest BCUT2D eigenvalue weighted by atomic mass is 10.2. The third kappa shape index (κ3) is 5.54. The van der Waals surface area contributed by atoms with Gasteiger partial charge in [-0.2, -0.15) is 0 Å². The van der Waals surface area contributed by atoms with Crippen LogP contribution in [0.5, 0.6) is 0 Å². The Labute approximate surface area is 139 Å². The van der Waals surface area contributed by atoms with Gasteiger partial charge in [0.05, 0.1) is 0 Å². The normalized spacial score (nSPS) is 10.2. The van der Waals surface area contributed by atoms with Crippen LogP contribution in [-0.2, 0) is 9.59 Å². The van der Waals surface area contributed by atoms with E-state index in [1.54, 1.807) is 0 Å². The number of thioether (sulfide) groups is 2. The summed E-state index contributed by atoms with van der Waals surface area (Å²) >= 11 is 2.35. The molecule has 0 amide bonds. The van der Waals surface area contributed by atoms with Crippen molar-refractivity contribution in [2.45, 2.75) is 22.6 Å². The average Bonchev–Trinajstić information content (AvgIpc) is 2.54. The van der Waals surface area contributed by atoms with E-state index in [9.17, 15) is 9.59 Å². The maximum absolute atomic E-state index is 12.0. The van der Waals surface area contributed by atoms with Crippen molar-refractivity contribution in [2.75, 3.05) is 0 Å². The van der Waals surface area contributed by atoms with E-state index in [4.69, 9.17) is 0 Å². The molecule has 2 nitrogen and oxygen atoms in total. The van der Waals surface area contributed by atoms with Gasteiger partial charge in [0.2, 0.25) is 5.12 Å². The first-order valence-electron chi connectivity index (χ1n) is 6.86. The van der Waals surface area contributed by atoms with E-state index in [0.717, 1.165) is 21.6 Å². The second-order valence-corrected chi connectivity index (χ2v) is 6.77. The predicted octanol–water partition coefficient (Wildman–Crippen LogP) is 4.96. The molecule has 0 aliphatic rings.